The first-order chi connectivity index (χ1) is 10.6. The largest absolute Gasteiger partial charge is 0.478 e. The van der Waals surface area contributed by atoms with Gasteiger partial charge in [-0.3, -0.25) is 0 Å². The predicted octanol–water partition coefficient (Wildman–Crippen LogP) is 3.93. The molecule has 1 aliphatic carbocycles. The van der Waals surface area contributed by atoms with E-state index in [1.54, 1.807) is 18.2 Å². The molecule has 1 aliphatic rings. The van der Waals surface area contributed by atoms with Gasteiger partial charge in [-0.05, 0) is 48.9 Å². The van der Waals surface area contributed by atoms with E-state index in [1.165, 1.54) is 24.0 Å². The molecule has 2 aromatic carbocycles. The third-order valence-corrected chi connectivity index (χ3v) is 4.23. The van der Waals surface area contributed by atoms with Gasteiger partial charge >= 0.3 is 5.97 Å². The molecule has 1 atom stereocenters. The zero-order chi connectivity index (χ0) is 15.5. The average Bonchev–Trinajstić information content (AvgIpc) is 3.34. The van der Waals surface area contributed by atoms with Crippen molar-refractivity contribution < 1.29 is 9.90 Å². The summed E-state index contributed by atoms with van der Waals surface area (Å²) in [4.78, 5) is 11.0. The second kappa shape index (κ2) is 6.32. The SMILES string of the molecule is Cc1ccc(C(NCc2cccc(C(=O)O)c2)C2CC2)cc1. The summed E-state index contributed by atoms with van der Waals surface area (Å²) >= 11 is 0. The molecule has 0 radical (unpaired) electrons. The Morgan fingerprint density at radius 3 is 2.59 bits per heavy atom. The van der Waals surface area contributed by atoms with Gasteiger partial charge in [-0.15, -0.1) is 0 Å². The second-order valence-corrected chi connectivity index (χ2v) is 6.11. The summed E-state index contributed by atoms with van der Waals surface area (Å²) in [5.41, 5.74) is 3.95. The first kappa shape index (κ1) is 14.8. The highest BCUT2D eigenvalue weighted by atomic mass is 16.4. The van der Waals surface area contributed by atoms with E-state index in [-0.39, 0.29) is 0 Å². The lowest BCUT2D eigenvalue weighted by atomic mass is 10.0. The van der Waals surface area contributed by atoms with E-state index in [9.17, 15) is 4.79 Å². The lowest BCUT2D eigenvalue weighted by molar-refractivity contribution is 0.0696. The number of carboxylic acids is 1. The van der Waals surface area contributed by atoms with Gasteiger partial charge in [-0.1, -0.05) is 42.0 Å². The van der Waals surface area contributed by atoms with E-state index < -0.39 is 5.97 Å². The molecule has 114 valence electrons. The molecule has 0 heterocycles. The van der Waals surface area contributed by atoms with Crippen LogP contribution in [0.1, 0.15) is 45.9 Å². The average molecular weight is 295 g/mol. The normalized spacial score (nSPS) is 15.5. The Hall–Kier alpha value is -2.13. The van der Waals surface area contributed by atoms with Crippen molar-refractivity contribution in [2.24, 2.45) is 5.92 Å². The van der Waals surface area contributed by atoms with Crippen LogP contribution in [-0.4, -0.2) is 11.1 Å². The van der Waals surface area contributed by atoms with Gasteiger partial charge in [0.1, 0.15) is 0 Å². The van der Waals surface area contributed by atoms with Crippen molar-refractivity contribution in [1.82, 2.24) is 5.32 Å². The fourth-order valence-corrected chi connectivity index (χ4v) is 2.80. The summed E-state index contributed by atoms with van der Waals surface area (Å²) in [5.74, 6) is -0.176. The number of carboxylic acid groups (broad SMARTS) is 1. The van der Waals surface area contributed by atoms with Crippen LogP contribution in [0.2, 0.25) is 0 Å². The van der Waals surface area contributed by atoms with Crippen LogP contribution in [0.5, 0.6) is 0 Å². The van der Waals surface area contributed by atoms with Gasteiger partial charge in [0.15, 0.2) is 0 Å². The van der Waals surface area contributed by atoms with Gasteiger partial charge in [0.25, 0.3) is 0 Å². The number of nitrogens with one attached hydrogen (secondary N) is 1. The number of benzene rings is 2. The summed E-state index contributed by atoms with van der Waals surface area (Å²) in [6.07, 6.45) is 2.53. The highest BCUT2D eigenvalue weighted by Crippen LogP contribution is 2.41. The molecule has 0 saturated heterocycles. The smallest absolute Gasteiger partial charge is 0.335 e. The Balaban J connectivity index is 1.71. The predicted molar refractivity (Wildman–Crippen MR) is 86.9 cm³/mol. The van der Waals surface area contributed by atoms with Crippen molar-refractivity contribution in [2.45, 2.75) is 32.4 Å². The minimum absolute atomic E-state index is 0.345. The van der Waals surface area contributed by atoms with Gasteiger partial charge in [0.2, 0.25) is 0 Å². The Labute approximate surface area is 131 Å². The van der Waals surface area contributed by atoms with Crippen molar-refractivity contribution in [3.63, 3.8) is 0 Å². The summed E-state index contributed by atoms with van der Waals surface area (Å²) in [6, 6.07) is 16.2. The Morgan fingerprint density at radius 1 is 1.23 bits per heavy atom. The number of hydrogen-bond donors (Lipinski definition) is 2. The van der Waals surface area contributed by atoms with Crippen molar-refractivity contribution in [2.75, 3.05) is 0 Å². The molecular weight excluding hydrogens is 274 g/mol. The van der Waals surface area contributed by atoms with Crippen LogP contribution >= 0.6 is 0 Å². The molecule has 1 fully saturated rings. The van der Waals surface area contributed by atoms with E-state index in [0.29, 0.717) is 24.1 Å². The van der Waals surface area contributed by atoms with Crippen LogP contribution in [0, 0.1) is 12.8 Å². The number of aromatic carboxylic acids is 1. The zero-order valence-electron chi connectivity index (χ0n) is 12.8. The fraction of sp³-hybridized carbons (Fsp3) is 0.316. The summed E-state index contributed by atoms with van der Waals surface area (Å²) in [5, 5.41) is 12.7. The Bertz CT molecular complexity index is 659. The Kier molecular flexibility index (Phi) is 4.25. The van der Waals surface area contributed by atoms with Crippen LogP contribution < -0.4 is 5.32 Å². The molecule has 0 aliphatic heterocycles. The fourth-order valence-electron chi connectivity index (χ4n) is 2.80. The highest BCUT2D eigenvalue weighted by Gasteiger charge is 2.31. The minimum Gasteiger partial charge on any atom is -0.478 e. The van der Waals surface area contributed by atoms with E-state index in [0.717, 1.165) is 5.56 Å². The molecule has 0 amide bonds. The standard InChI is InChI=1S/C19H21NO2/c1-13-5-7-15(8-6-13)18(16-9-10-16)20-12-14-3-2-4-17(11-14)19(21)22/h2-8,11,16,18,20H,9-10,12H2,1H3,(H,21,22). The van der Waals surface area contributed by atoms with E-state index in [2.05, 4.69) is 36.5 Å². The summed E-state index contributed by atoms with van der Waals surface area (Å²) in [7, 11) is 0. The first-order valence-corrected chi connectivity index (χ1v) is 7.75. The van der Waals surface area contributed by atoms with E-state index in [4.69, 9.17) is 5.11 Å². The maximum atomic E-state index is 11.0. The van der Waals surface area contributed by atoms with Gasteiger partial charge in [-0.2, -0.15) is 0 Å². The van der Waals surface area contributed by atoms with E-state index >= 15 is 0 Å². The zero-order valence-corrected chi connectivity index (χ0v) is 12.8. The maximum absolute atomic E-state index is 11.0. The molecule has 3 nitrogen and oxygen atoms in total. The van der Waals surface area contributed by atoms with Crippen LogP contribution in [0.15, 0.2) is 48.5 Å². The number of aryl methyl sites for hydroxylation is 1. The number of carbonyl (C=O) groups is 1. The minimum atomic E-state index is -0.876. The topological polar surface area (TPSA) is 49.3 Å². The van der Waals surface area contributed by atoms with Gasteiger partial charge in [0, 0.05) is 12.6 Å². The molecule has 0 aromatic heterocycles. The number of hydrogen-bond acceptors (Lipinski definition) is 2. The van der Waals surface area contributed by atoms with Gasteiger partial charge < -0.3 is 10.4 Å². The molecule has 1 saturated carbocycles. The molecule has 1 unspecified atom stereocenters. The van der Waals surface area contributed by atoms with Crippen LogP contribution in [0.4, 0.5) is 0 Å². The molecule has 2 N–H and O–H groups in total. The highest BCUT2D eigenvalue weighted by molar-refractivity contribution is 5.87. The van der Waals surface area contributed by atoms with Crippen molar-refractivity contribution >= 4 is 5.97 Å². The molecule has 0 bridgehead atoms. The van der Waals surface area contributed by atoms with Gasteiger partial charge in [-0.25, -0.2) is 4.79 Å². The molecular formula is C19H21NO2. The first-order valence-electron chi connectivity index (χ1n) is 7.75. The summed E-state index contributed by atoms with van der Waals surface area (Å²) < 4.78 is 0. The number of rotatable bonds is 6. The second-order valence-electron chi connectivity index (χ2n) is 6.11. The molecule has 2 aromatic rings. The monoisotopic (exact) mass is 295 g/mol. The maximum Gasteiger partial charge on any atom is 0.335 e. The Morgan fingerprint density at radius 2 is 1.95 bits per heavy atom. The lowest BCUT2D eigenvalue weighted by Crippen LogP contribution is -2.22. The van der Waals surface area contributed by atoms with Crippen LogP contribution in [-0.2, 0) is 6.54 Å². The van der Waals surface area contributed by atoms with Crippen molar-refractivity contribution in [3.05, 3.63) is 70.8 Å². The lowest BCUT2D eigenvalue weighted by Gasteiger charge is -2.19. The summed E-state index contributed by atoms with van der Waals surface area (Å²) in [6.45, 7) is 2.79. The molecule has 3 rings (SSSR count). The van der Waals surface area contributed by atoms with Crippen LogP contribution in [0.25, 0.3) is 0 Å². The third kappa shape index (κ3) is 3.55. The molecule has 3 heteroatoms. The third-order valence-electron chi connectivity index (χ3n) is 4.23. The van der Waals surface area contributed by atoms with Crippen molar-refractivity contribution in [1.29, 1.82) is 0 Å². The van der Waals surface area contributed by atoms with Crippen LogP contribution in [0.3, 0.4) is 0 Å². The van der Waals surface area contributed by atoms with Crippen molar-refractivity contribution in [3.8, 4) is 0 Å². The molecule has 22 heavy (non-hydrogen) atoms. The quantitative estimate of drug-likeness (QED) is 0.849. The molecule has 0 spiro atoms. The van der Waals surface area contributed by atoms with E-state index in [1.807, 2.05) is 6.07 Å². The van der Waals surface area contributed by atoms with Gasteiger partial charge in [0.05, 0.1) is 5.56 Å².